The van der Waals surface area contributed by atoms with Crippen molar-refractivity contribution in [2.24, 2.45) is 0 Å². The first-order chi connectivity index (χ1) is 20.2. The number of carbonyl (C=O) groups excluding carboxylic acids is 1. The number of methoxy groups -OCH3 is 2. The van der Waals surface area contributed by atoms with Crippen LogP contribution in [0, 0.1) is 6.92 Å². The summed E-state index contributed by atoms with van der Waals surface area (Å²) >= 11 is 0. The van der Waals surface area contributed by atoms with Crippen LogP contribution in [0.3, 0.4) is 0 Å². The van der Waals surface area contributed by atoms with Crippen molar-refractivity contribution in [3.8, 4) is 28.7 Å². The highest BCUT2D eigenvalue weighted by molar-refractivity contribution is 5.96. The van der Waals surface area contributed by atoms with E-state index < -0.39 is 17.0 Å². The summed E-state index contributed by atoms with van der Waals surface area (Å²) in [6.45, 7) is 5.55. The summed E-state index contributed by atoms with van der Waals surface area (Å²) in [5, 5.41) is 0.722. The van der Waals surface area contributed by atoms with Gasteiger partial charge >= 0.3 is 5.69 Å². The first-order valence-electron chi connectivity index (χ1n) is 13.3. The number of ketones is 1. The topological polar surface area (TPSA) is 115 Å². The molecule has 42 heavy (non-hydrogen) atoms. The van der Waals surface area contributed by atoms with Gasteiger partial charge < -0.3 is 14.2 Å². The molecule has 0 N–H and O–H groups in total. The maximum absolute atomic E-state index is 13.4. The Balaban J connectivity index is 1.42. The Kier molecular flexibility index (Phi) is 7.88. The number of hydrogen-bond donors (Lipinski definition) is 0. The van der Waals surface area contributed by atoms with Crippen molar-refractivity contribution in [2.45, 2.75) is 33.2 Å². The van der Waals surface area contributed by atoms with Gasteiger partial charge in [-0.1, -0.05) is 17.7 Å². The Labute approximate surface area is 241 Å². The quantitative estimate of drug-likeness (QED) is 0.227. The van der Waals surface area contributed by atoms with Crippen molar-refractivity contribution in [1.29, 1.82) is 0 Å². The van der Waals surface area contributed by atoms with E-state index >= 15 is 0 Å². The van der Waals surface area contributed by atoms with Crippen molar-refractivity contribution in [1.82, 2.24) is 19.1 Å². The molecule has 3 heterocycles. The SMILES string of the molecule is COc1cc2nccc(Oc3ccc(CC(=O)c4cn(C(C)C)c(=O)n(-c5ccc(C)cc5)c4=O)nc3)c2cc1OC. The summed E-state index contributed by atoms with van der Waals surface area (Å²) in [5.41, 5.74) is 1.25. The Hall–Kier alpha value is -5.25. The molecule has 0 aliphatic carbocycles. The molecule has 0 bridgehead atoms. The lowest BCUT2D eigenvalue weighted by molar-refractivity contribution is 0.0989. The van der Waals surface area contributed by atoms with E-state index in [1.54, 1.807) is 62.9 Å². The van der Waals surface area contributed by atoms with E-state index in [1.807, 2.05) is 32.9 Å². The van der Waals surface area contributed by atoms with Crippen LogP contribution in [0.15, 0.2) is 82.8 Å². The molecule has 0 unspecified atom stereocenters. The van der Waals surface area contributed by atoms with Gasteiger partial charge in [-0.25, -0.2) is 9.36 Å². The smallest absolute Gasteiger partial charge is 0.335 e. The van der Waals surface area contributed by atoms with Crippen LogP contribution < -0.4 is 25.5 Å². The molecule has 2 aromatic carbocycles. The van der Waals surface area contributed by atoms with Crippen LogP contribution in [0.4, 0.5) is 0 Å². The molecule has 0 spiro atoms. The van der Waals surface area contributed by atoms with Crippen LogP contribution in [0.1, 0.15) is 41.5 Å². The van der Waals surface area contributed by atoms with Gasteiger partial charge in [0, 0.05) is 35.6 Å². The molecular weight excluding hydrogens is 536 g/mol. The molecule has 0 fully saturated rings. The molecule has 0 saturated heterocycles. The third-order valence-corrected chi connectivity index (χ3v) is 6.84. The molecule has 0 aliphatic heterocycles. The second-order valence-corrected chi connectivity index (χ2v) is 10.0. The van der Waals surface area contributed by atoms with E-state index in [2.05, 4.69) is 9.97 Å². The lowest BCUT2D eigenvalue weighted by Crippen LogP contribution is -2.42. The third-order valence-electron chi connectivity index (χ3n) is 6.84. The number of aromatic nitrogens is 4. The Morgan fingerprint density at radius 1 is 0.905 bits per heavy atom. The average molecular weight is 567 g/mol. The maximum Gasteiger partial charge on any atom is 0.335 e. The van der Waals surface area contributed by atoms with E-state index in [4.69, 9.17) is 14.2 Å². The summed E-state index contributed by atoms with van der Waals surface area (Å²) in [7, 11) is 3.11. The predicted molar refractivity (Wildman–Crippen MR) is 159 cm³/mol. The number of nitrogens with zero attached hydrogens (tertiary/aromatic N) is 4. The van der Waals surface area contributed by atoms with Gasteiger partial charge in [0.15, 0.2) is 17.3 Å². The normalized spacial score (nSPS) is 11.1. The van der Waals surface area contributed by atoms with Crippen LogP contribution in [0.2, 0.25) is 0 Å². The van der Waals surface area contributed by atoms with Crippen LogP contribution >= 0.6 is 0 Å². The summed E-state index contributed by atoms with van der Waals surface area (Å²) < 4.78 is 19.3. The number of benzene rings is 2. The second kappa shape index (κ2) is 11.7. The first kappa shape index (κ1) is 28.3. The van der Waals surface area contributed by atoms with Gasteiger partial charge in [0.25, 0.3) is 5.56 Å². The fourth-order valence-corrected chi connectivity index (χ4v) is 4.55. The molecule has 0 aliphatic rings. The monoisotopic (exact) mass is 566 g/mol. The van der Waals surface area contributed by atoms with Gasteiger partial charge in [0.1, 0.15) is 17.1 Å². The highest BCUT2D eigenvalue weighted by Gasteiger charge is 2.20. The number of aryl methyl sites for hydroxylation is 1. The largest absolute Gasteiger partial charge is 0.493 e. The number of fused-ring (bicyclic) bond motifs is 1. The highest BCUT2D eigenvalue weighted by atomic mass is 16.5. The zero-order chi connectivity index (χ0) is 30.0. The van der Waals surface area contributed by atoms with Crippen molar-refractivity contribution < 1.29 is 19.0 Å². The molecule has 3 aromatic heterocycles. The van der Waals surface area contributed by atoms with Gasteiger partial charge in [0.2, 0.25) is 0 Å². The lowest BCUT2D eigenvalue weighted by atomic mass is 10.1. The Morgan fingerprint density at radius 3 is 2.26 bits per heavy atom. The number of ether oxygens (including phenoxy) is 3. The predicted octanol–water partition coefficient (Wildman–Crippen LogP) is 5.07. The molecule has 10 heteroatoms. The maximum atomic E-state index is 13.4. The molecule has 10 nitrogen and oxygen atoms in total. The number of carbonyl (C=O) groups is 1. The molecule has 214 valence electrons. The van der Waals surface area contributed by atoms with E-state index in [1.165, 1.54) is 17.0 Å². The number of Topliss-reactive ketones (excluding diaryl/α,β-unsaturated/α-hetero) is 1. The minimum atomic E-state index is -0.665. The Bertz CT molecular complexity index is 1890. The zero-order valence-electron chi connectivity index (χ0n) is 24.0. The molecule has 0 saturated carbocycles. The molecule has 0 radical (unpaired) electrons. The van der Waals surface area contributed by atoms with Gasteiger partial charge in [-0.3, -0.25) is 24.1 Å². The molecular formula is C32H30N4O6. The van der Waals surface area contributed by atoms with E-state index in [9.17, 15) is 14.4 Å². The highest BCUT2D eigenvalue weighted by Crippen LogP contribution is 2.36. The van der Waals surface area contributed by atoms with Crippen molar-refractivity contribution in [2.75, 3.05) is 14.2 Å². The zero-order valence-corrected chi connectivity index (χ0v) is 24.0. The van der Waals surface area contributed by atoms with Gasteiger partial charge in [-0.15, -0.1) is 0 Å². The summed E-state index contributed by atoms with van der Waals surface area (Å²) in [6.07, 6.45) is 4.35. The summed E-state index contributed by atoms with van der Waals surface area (Å²) in [4.78, 5) is 48.7. The van der Waals surface area contributed by atoms with Crippen molar-refractivity contribution >= 4 is 16.7 Å². The Morgan fingerprint density at radius 2 is 1.62 bits per heavy atom. The minimum absolute atomic E-state index is 0.0846. The van der Waals surface area contributed by atoms with Crippen LogP contribution in [-0.2, 0) is 6.42 Å². The second-order valence-electron chi connectivity index (χ2n) is 10.0. The molecule has 5 aromatic rings. The number of rotatable bonds is 9. The van der Waals surface area contributed by atoms with Gasteiger partial charge in [0.05, 0.1) is 38.0 Å². The fraction of sp³-hybridized carbons (Fsp3) is 0.219. The summed E-state index contributed by atoms with van der Waals surface area (Å²) in [6, 6.07) is 15.4. The molecule has 5 rings (SSSR count). The van der Waals surface area contributed by atoms with Crippen LogP contribution in [0.5, 0.6) is 23.0 Å². The van der Waals surface area contributed by atoms with E-state index in [0.717, 1.165) is 15.5 Å². The van der Waals surface area contributed by atoms with E-state index in [0.29, 0.717) is 39.9 Å². The van der Waals surface area contributed by atoms with Crippen molar-refractivity contribution in [3.63, 3.8) is 0 Å². The number of pyridine rings is 2. The fourth-order valence-electron chi connectivity index (χ4n) is 4.55. The van der Waals surface area contributed by atoms with Crippen LogP contribution in [-0.4, -0.2) is 39.1 Å². The summed E-state index contributed by atoms with van der Waals surface area (Å²) in [5.74, 6) is 1.64. The number of hydrogen-bond acceptors (Lipinski definition) is 8. The van der Waals surface area contributed by atoms with Crippen LogP contribution in [0.25, 0.3) is 16.6 Å². The van der Waals surface area contributed by atoms with Crippen molar-refractivity contribution in [3.05, 3.63) is 111 Å². The average Bonchev–Trinajstić information content (AvgIpc) is 2.98. The van der Waals surface area contributed by atoms with Gasteiger partial charge in [-0.05, 0) is 57.2 Å². The van der Waals surface area contributed by atoms with Gasteiger partial charge in [-0.2, -0.15) is 0 Å². The standard InChI is InChI=1S/C32H30N4O6/c1-19(2)35-18-25(31(38)36(32(35)39)22-9-6-20(3)7-10-22)27(37)14-21-8-11-23(17-34-21)42-28-12-13-33-26-16-30(41-5)29(40-4)15-24(26)28/h6-13,15-19H,14H2,1-5H3. The molecule has 0 amide bonds. The lowest BCUT2D eigenvalue weighted by Gasteiger charge is -2.15. The van der Waals surface area contributed by atoms with E-state index in [-0.39, 0.29) is 18.0 Å². The minimum Gasteiger partial charge on any atom is -0.493 e. The third kappa shape index (κ3) is 5.51. The first-order valence-corrected chi connectivity index (χ1v) is 13.3. The molecule has 0 atom stereocenters.